The molecule has 3 heterocycles. The fraction of sp³-hybridized carbons (Fsp3) is 0.696. The molecule has 1 amide bonds. The van der Waals surface area contributed by atoms with Crippen molar-refractivity contribution in [1.29, 1.82) is 0 Å². The average molecular weight is 428 g/mol. The van der Waals surface area contributed by atoms with Crippen LogP contribution in [0.25, 0.3) is 5.57 Å². The van der Waals surface area contributed by atoms with Crippen LogP contribution in [0.3, 0.4) is 0 Å². The molecule has 0 bridgehead atoms. The Balaban J connectivity index is 1.37. The van der Waals surface area contributed by atoms with Crippen LogP contribution in [-0.4, -0.2) is 46.9 Å². The number of nitrogens with two attached hydrogens (primary N) is 1. The number of ether oxygens (including phenoxy) is 2. The van der Waals surface area contributed by atoms with Gasteiger partial charge in [0.1, 0.15) is 23.3 Å². The van der Waals surface area contributed by atoms with Gasteiger partial charge in [0.25, 0.3) is 0 Å². The first-order valence-corrected chi connectivity index (χ1v) is 11.6. The predicted octanol–water partition coefficient (Wildman–Crippen LogP) is 3.41. The molecule has 0 radical (unpaired) electrons. The fourth-order valence-corrected chi connectivity index (χ4v) is 5.51. The van der Waals surface area contributed by atoms with E-state index in [-0.39, 0.29) is 12.1 Å². The highest BCUT2D eigenvalue weighted by atomic mass is 16.6. The zero-order valence-electron chi connectivity index (χ0n) is 18.7. The van der Waals surface area contributed by atoms with E-state index in [0.29, 0.717) is 24.5 Å². The number of aromatic nitrogens is 2. The Morgan fingerprint density at radius 2 is 2.00 bits per heavy atom. The number of nitrogens with one attached hydrogen (secondary N) is 1. The van der Waals surface area contributed by atoms with Crippen molar-refractivity contribution in [2.45, 2.75) is 83.5 Å². The first-order valence-electron chi connectivity index (χ1n) is 11.6. The van der Waals surface area contributed by atoms with Gasteiger partial charge in [-0.2, -0.15) is 4.98 Å². The third-order valence-electron chi connectivity index (χ3n) is 6.74. The van der Waals surface area contributed by atoms with Crippen molar-refractivity contribution < 1.29 is 14.3 Å². The fourth-order valence-electron chi connectivity index (χ4n) is 5.51. The smallest absolute Gasteiger partial charge is 0.407 e. The number of anilines is 2. The van der Waals surface area contributed by atoms with Gasteiger partial charge in [0.2, 0.25) is 5.95 Å². The highest BCUT2D eigenvalue weighted by Gasteiger charge is 2.43. The Morgan fingerprint density at radius 3 is 2.81 bits per heavy atom. The molecule has 1 saturated carbocycles. The molecule has 2 aliphatic carbocycles. The van der Waals surface area contributed by atoms with E-state index < -0.39 is 5.60 Å². The van der Waals surface area contributed by atoms with Crippen LogP contribution in [0.2, 0.25) is 0 Å². The van der Waals surface area contributed by atoms with E-state index in [9.17, 15) is 4.79 Å². The van der Waals surface area contributed by atoms with Gasteiger partial charge in [0.15, 0.2) is 0 Å². The highest BCUT2D eigenvalue weighted by molar-refractivity contribution is 5.77. The monoisotopic (exact) mass is 427 g/mol. The van der Waals surface area contributed by atoms with Crippen molar-refractivity contribution in [3.05, 3.63) is 17.0 Å². The molecule has 8 nitrogen and oxygen atoms in total. The number of alkyl carbamates (subject to hydrolysis) is 1. The summed E-state index contributed by atoms with van der Waals surface area (Å²) in [4.78, 5) is 23.8. The van der Waals surface area contributed by atoms with Crippen molar-refractivity contribution in [3.8, 4) is 0 Å². The van der Waals surface area contributed by atoms with Gasteiger partial charge in [-0.15, -0.1) is 0 Å². The number of allylic oxidation sites excluding steroid dienone is 1. The average Bonchev–Trinajstić information content (AvgIpc) is 3.30. The number of hydrogen-bond donors (Lipinski definition) is 2. The largest absolute Gasteiger partial charge is 0.494 e. The number of rotatable bonds is 2. The Hall–Kier alpha value is -2.51. The van der Waals surface area contributed by atoms with Crippen LogP contribution in [0.15, 0.2) is 5.76 Å². The maximum Gasteiger partial charge on any atom is 0.407 e. The molecule has 0 spiro atoms. The van der Waals surface area contributed by atoms with E-state index in [1.807, 2.05) is 20.8 Å². The van der Waals surface area contributed by atoms with Gasteiger partial charge in [-0.05, 0) is 52.9 Å². The van der Waals surface area contributed by atoms with Crippen LogP contribution in [0.5, 0.6) is 0 Å². The molecule has 3 atom stereocenters. The number of carbonyl (C=O) groups is 1. The van der Waals surface area contributed by atoms with E-state index in [1.165, 1.54) is 24.0 Å². The molecule has 3 N–H and O–H groups in total. The summed E-state index contributed by atoms with van der Waals surface area (Å²) in [5, 5.41) is 3.00. The molecule has 1 aromatic rings. The number of carbonyl (C=O) groups excluding carboxylic acids is 1. The molecule has 2 unspecified atom stereocenters. The molecule has 1 saturated heterocycles. The molecular weight excluding hydrogens is 394 g/mol. The van der Waals surface area contributed by atoms with Crippen LogP contribution < -0.4 is 16.0 Å². The molecule has 5 rings (SSSR count). The van der Waals surface area contributed by atoms with Gasteiger partial charge in [-0.1, -0.05) is 6.42 Å². The van der Waals surface area contributed by atoms with Gasteiger partial charge in [0.05, 0.1) is 11.7 Å². The number of nitrogens with zero attached hydrogens (tertiary/aromatic N) is 3. The second-order valence-electron chi connectivity index (χ2n) is 10.2. The van der Waals surface area contributed by atoms with E-state index >= 15 is 0 Å². The summed E-state index contributed by atoms with van der Waals surface area (Å²) in [5.41, 5.74) is 9.14. The maximum atomic E-state index is 12.2. The van der Waals surface area contributed by atoms with Crippen LogP contribution in [0.1, 0.15) is 70.6 Å². The summed E-state index contributed by atoms with van der Waals surface area (Å²) in [6.07, 6.45) is 7.33. The summed E-state index contributed by atoms with van der Waals surface area (Å²) in [6, 6.07) is 0.0256. The molecule has 31 heavy (non-hydrogen) atoms. The standard InChI is InChI=1S/C23H33N5O3/c1-23(2,3)31-22(29)25-13-10-11-28(12-13)20-15-8-9-17-18(19(15)26-21(24)27-20)14-6-4-5-7-16(14)30-17/h13-14,16H,4-12H2,1-3H3,(H,25,29)(H2,24,26,27)/t13-,14?,16?/m1/s1. The number of nitrogen functional groups attached to an aromatic ring is 1. The lowest BCUT2D eigenvalue weighted by Gasteiger charge is -2.28. The second-order valence-corrected chi connectivity index (χ2v) is 10.2. The minimum Gasteiger partial charge on any atom is -0.494 e. The topological polar surface area (TPSA) is 103 Å². The van der Waals surface area contributed by atoms with Gasteiger partial charge in [0, 0.05) is 36.6 Å². The van der Waals surface area contributed by atoms with Crippen LogP contribution in [0.4, 0.5) is 16.6 Å². The number of hydrogen-bond acceptors (Lipinski definition) is 7. The minimum atomic E-state index is -0.506. The van der Waals surface area contributed by atoms with Crippen molar-refractivity contribution in [3.63, 3.8) is 0 Å². The predicted molar refractivity (Wildman–Crippen MR) is 119 cm³/mol. The van der Waals surface area contributed by atoms with Crippen molar-refractivity contribution in [2.75, 3.05) is 23.7 Å². The Labute approximate surface area is 183 Å². The Kier molecular flexibility index (Phi) is 4.98. The van der Waals surface area contributed by atoms with Gasteiger partial charge in [-0.3, -0.25) is 0 Å². The second kappa shape index (κ2) is 7.57. The van der Waals surface area contributed by atoms with Gasteiger partial charge >= 0.3 is 6.09 Å². The highest BCUT2D eigenvalue weighted by Crippen LogP contribution is 2.50. The quantitative estimate of drug-likeness (QED) is 0.745. The van der Waals surface area contributed by atoms with E-state index in [2.05, 4.69) is 15.2 Å². The van der Waals surface area contributed by atoms with Crippen molar-refractivity contribution >= 4 is 23.4 Å². The Morgan fingerprint density at radius 1 is 1.19 bits per heavy atom. The third kappa shape index (κ3) is 3.92. The van der Waals surface area contributed by atoms with Crippen molar-refractivity contribution in [2.24, 2.45) is 5.92 Å². The van der Waals surface area contributed by atoms with E-state index in [1.54, 1.807) is 0 Å². The summed E-state index contributed by atoms with van der Waals surface area (Å²) in [5.74, 6) is 2.79. The molecule has 2 aliphatic heterocycles. The van der Waals surface area contributed by atoms with Crippen LogP contribution >= 0.6 is 0 Å². The zero-order chi connectivity index (χ0) is 21.8. The normalized spacial score (nSPS) is 27.3. The summed E-state index contributed by atoms with van der Waals surface area (Å²) in [7, 11) is 0. The first-order chi connectivity index (χ1) is 14.8. The summed E-state index contributed by atoms with van der Waals surface area (Å²) >= 11 is 0. The van der Waals surface area contributed by atoms with Gasteiger partial charge < -0.3 is 25.4 Å². The lowest BCUT2D eigenvalue weighted by atomic mass is 9.78. The van der Waals surface area contributed by atoms with E-state index in [4.69, 9.17) is 20.2 Å². The molecular formula is C23H33N5O3. The van der Waals surface area contributed by atoms with Crippen LogP contribution in [0, 0.1) is 5.92 Å². The molecule has 8 heteroatoms. The lowest BCUT2D eigenvalue weighted by molar-refractivity contribution is 0.0509. The molecule has 1 aromatic heterocycles. The van der Waals surface area contributed by atoms with Crippen LogP contribution in [-0.2, 0) is 15.9 Å². The molecule has 0 aromatic carbocycles. The van der Waals surface area contributed by atoms with E-state index in [0.717, 1.165) is 55.9 Å². The first kappa shape index (κ1) is 20.4. The zero-order valence-corrected chi connectivity index (χ0v) is 18.7. The molecule has 2 fully saturated rings. The number of fused-ring (bicyclic) bond motifs is 4. The minimum absolute atomic E-state index is 0.0256. The molecule has 168 valence electrons. The lowest BCUT2D eigenvalue weighted by Crippen LogP contribution is -2.40. The van der Waals surface area contributed by atoms with Gasteiger partial charge in [-0.25, -0.2) is 9.78 Å². The maximum absolute atomic E-state index is 12.2. The summed E-state index contributed by atoms with van der Waals surface area (Å²) in [6.45, 7) is 7.12. The van der Waals surface area contributed by atoms with Crippen molar-refractivity contribution in [1.82, 2.24) is 15.3 Å². The number of amides is 1. The third-order valence-corrected chi connectivity index (χ3v) is 6.74. The molecule has 4 aliphatic rings. The summed E-state index contributed by atoms with van der Waals surface area (Å²) < 4.78 is 11.7. The Bertz CT molecular complexity index is 923. The SMILES string of the molecule is CC(C)(C)OC(=O)N[C@@H]1CCN(c2nc(N)nc3c2CCC2=C3C3CCCCC3O2)C1.